The SMILES string of the molecule is [CH2]SCC1=CCC1. The van der Waals surface area contributed by atoms with Crippen LogP contribution in [-0.4, -0.2) is 5.75 Å². The normalized spacial score (nSPS) is 18.1. The Kier molecular flexibility index (Phi) is 1.80. The van der Waals surface area contributed by atoms with Crippen molar-refractivity contribution in [1.29, 1.82) is 0 Å². The molecule has 0 amide bonds. The summed E-state index contributed by atoms with van der Waals surface area (Å²) >= 11 is 1.67. The molecular weight excluding hydrogens is 104 g/mol. The van der Waals surface area contributed by atoms with Crippen LogP contribution in [0, 0.1) is 6.26 Å². The van der Waals surface area contributed by atoms with E-state index in [0.29, 0.717) is 0 Å². The van der Waals surface area contributed by atoms with Crippen LogP contribution < -0.4 is 0 Å². The van der Waals surface area contributed by atoms with Gasteiger partial charge in [-0.2, -0.15) is 11.8 Å². The molecule has 39 valence electrons. The molecule has 0 fully saturated rings. The minimum Gasteiger partial charge on any atom is -0.157 e. The van der Waals surface area contributed by atoms with Crippen LogP contribution in [0.2, 0.25) is 0 Å². The lowest BCUT2D eigenvalue weighted by Crippen LogP contribution is -1.94. The van der Waals surface area contributed by atoms with E-state index < -0.39 is 0 Å². The molecular formula is C6H9S. The van der Waals surface area contributed by atoms with E-state index in [2.05, 4.69) is 12.3 Å². The molecule has 0 nitrogen and oxygen atoms in total. The molecule has 0 aromatic rings. The highest BCUT2D eigenvalue weighted by Gasteiger charge is 2.02. The Balaban J connectivity index is 2.15. The van der Waals surface area contributed by atoms with Crippen molar-refractivity contribution in [3.8, 4) is 0 Å². The molecule has 0 atom stereocenters. The predicted octanol–water partition coefficient (Wildman–Crippen LogP) is 2.23. The molecule has 0 unspecified atom stereocenters. The molecule has 0 saturated heterocycles. The number of thioether (sulfide) groups is 1. The van der Waals surface area contributed by atoms with Gasteiger partial charge in [-0.15, -0.1) is 0 Å². The van der Waals surface area contributed by atoms with Gasteiger partial charge >= 0.3 is 0 Å². The van der Waals surface area contributed by atoms with Gasteiger partial charge in [0.1, 0.15) is 0 Å². The third-order valence-corrected chi connectivity index (χ3v) is 1.76. The molecule has 1 radical (unpaired) electrons. The molecule has 0 saturated carbocycles. The zero-order valence-electron chi connectivity index (χ0n) is 4.31. The van der Waals surface area contributed by atoms with Crippen molar-refractivity contribution in [2.24, 2.45) is 0 Å². The van der Waals surface area contributed by atoms with Gasteiger partial charge < -0.3 is 0 Å². The van der Waals surface area contributed by atoms with Gasteiger partial charge in [0.25, 0.3) is 0 Å². The number of hydrogen-bond acceptors (Lipinski definition) is 1. The Morgan fingerprint density at radius 1 is 1.86 bits per heavy atom. The quantitative estimate of drug-likeness (QED) is 0.495. The van der Waals surface area contributed by atoms with Crippen molar-refractivity contribution >= 4 is 11.8 Å². The summed E-state index contributed by atoms with van der Waals surface area (Å²) < 4.78 is 0. The fourth-order valence-electron chi connectivity index (χ4n) is 0.611. The van der Waals surface area contributed by atoms with Crippen LogP contribution in [0.25, 0.3) is 0 Å². The van der Waals surface area contributed by atoms with Crippen molar-refractivity contribution in [1.82, 2.24) is 0 Å². The summed E-state index contributed by atoms with van der Waals surface area (Å²) in [6.07, 6.45) is 8.60. The highest BCUT2D eigenvalue weighted by molar-refractivity contribution is 8.00. The maximum atomic E-state index is 3.68. The second kappa shape index (κ2) is 2.41. The number of allylic oxidation sites excluding steroid dienone is 1. The second-order valence-corrected chi connectivity index (χ2v) is 2.45. The Bertz CT molecular complexity index is 84.2. The highest BCUT2D eigenvalue weighted by Crippen LogP contribution is 2.20. The standard InChI is InChI=1S/C6H9S/c1-7-5-6-3-2-4-6/h3H,1-2,4-5H2. The van der Waals surface area contributed by atoms with Crippen LogP contribution >= 0.6 is 11.8 Å². The van der Waals surface area contributed by atoms with Crippen LogP contribution in [0.3, 0.4) is 0 Å². The summed E-state index contributed by atoms with van der Waals surface area (Å²) in [7, 11) is 0. The molecule has 1 heteroatoms. The van der Waals surface area contributed by atoms with E-state index in [9.17, 15) is 0 Å². The largest absolute Gasteiger partial charge is 0.157 e. The van der Waals surface area contributed by atoms with Crippen molar-refractivity contribution in [2.75, 3.05) is 5.75 Å². The van der Waals surface area contributed by atoms with Gasteiger partial charge in [-0.05, 0) is 12.8 Å². The molecule has 0 aliphatic heterocycles. The second-order valence-electron chi connectivity index (χ2n) is 1.75. The highest BCUT2D eigenvalue weighted by atomic mass is 32.2. The molecule has 1 aliphatic carbocycles. The lowest BCUT2D eigenvalue weighted by Gasteiger charge is -2.11. The van der Waals surface area contributed by atoms with Crippen LogP contribution in [0.5, 0.6) is 0 Å². The van der Waals surface area contributed by atoms with E-state index >= 15 is 0 Å². The topological polar surface area (TPSA) is 0 Å². The maximum absolute atomic E-state index is 3.68. The first-order valence-electron chi connectivity index (χ1n) is 2.48. The Labute approximate surface area is 49.0 Å². The van der Waals surface area contributed by atoms with Crippen molar-refractivity contribution in [3.63, 3.8) is 0 Å². The average molecular weight is 113 g/mol. The zero-order valence-corrected chi connectivity index (χ0v) is 5.13. The molecule has 0 heterocycles. The Hall–Kier alpha value is 0.0900. The summed E-state index contributed by atoms with van der Waals surface area (Å²) in [5.41, 5.74) is 1.58. The minimum atomic E-state index is 1.15. The van der Waals surface area contributed by atoms with Gasteiger partial charge in [-0.1, -0.05) is 11.6 Å². The van der Waals surface area contributed by atoms with E-state index in [1.807, 2.05) is 0 Å². The molecule has 0 aromatic carbocycles. The fraction of sp³-hybridized carbons (Fsp3) is 0.500. The summed E-state index contributed by atoms with van der Waals surface area (Å²) in [4.78, 5) is 0. The first-order chi connectivity index (χ1) is 3.43. The van der Waals surface area contributed by atoms with Gasteiger partial charge in [0.05, 0.1) is 0 Å². The summed E-state index contributed by atoms with van der Waals surface area (Å²) in [6.45, 7) is 0. The van der Waals surface area contributed by atoms with Crippen LogP contribution in [0.4, 0.5) is 0 Å². The molecule has 0 spiro atoms. The summed E-state index contributed by atoms with van der Waals surface area (Å²) in [5.74, 6) is 1.15. The van der Waals surface area contributed by atoms with E-state index in [0.717, 1.165) is 5.75 Å². The van der Waals surface area contributed by atoms with Crippen molar-refractivity contribution < 1.29 is 0 Å². The third-order valence-electron chi connectivity index (χ3n) is 1.19. The van der Waals surface area contributed by atoms with Gasteiger partial charge in [0, 0.05) is 12.0 Å². The zero-order chi connectivity index (χ0) is 5.11. The van der Waals surface area contributed by atoms with Crippen LogP contribution in [0.15, 0.2) is 11.6 Å². The van der Waals surface area contributed by atoms with Crippen molar-refractivity contribution in [3.05, 3.63) is 17.9 Å². The summed E-state index contributed by atoms with van der Waals surface area (Å²) in [6, 6.07) is 0. The molecule has 0 aromatic heterocycles. The number of rotatable bonds is 2. The van der Waals surface area contributed by atoms with Gasteiger partial charge in [0.2, 0.25) is 0 Å². The average Bonchev–Trinajstić information content (AvgIpc) is 1.55. The van der Waals surface area contributed by atoms with Crippen molar-refractivity contribution in [2.45, 2.75) is 12.8 Å². The first kappa shape index (κ1) is 5.23. The minimum absolute atomic E-state index is 1.15. The van der Waals surface area contributed by atoms with Gasteiger partial charge in [0.15, 0.2) is 0 Å². The smallest absolute Gasteiger partial charge is 0.0143 e. The maximum Gasteiger partial charge on any atom is 0.0143 e. The van der Waals surface area contributed by atoms with E-state index in [1.54, 1.807) is 17.3 Å². The number of hydrogen-bond donors (Lipinski definition) is 0. The lowest BCUT2D eigenvalue weighted by molar-refractivity contribution is 0.880. The first-order valence-corrected chi connectivity index (χ1v) is 3.64. The molecule has 0 N–H and O–H groups in total. The molecule has 1 aliphatic rings. The summed E-state index contributed by atoms with van der Waals surface area (Å²) in [5, 5.41) is 0. The van der Waals surface area contributed by atoms with E-state index in [1.165, 1.54) is 12.8 Å². The van der Waals surface area contributed by atoms with Crippen LogP contribution in [0.1, 0.15) is 12.8 Å². The van der Waals surface area contributed by atoms with Crippen LogP contribution in [-0.2, 0) is 0 Å². The Morgan fingerprint density at radius 2 is 2.57 bits per heavy atom. The lowest BCUT2D eigenvalue weighted by atomic mass is 10.0. The van der Waals surface area contributed by atoms with Gasteiger partial charge in [-0.3, -0.25) is 0 Å². The Morgan fingerprint density at radius 3 is 2.71 bits per heavy atom. The molecule has 7 heavy (non-hydrogen) atoms. The predicted molar refractivity (Wildman–Crippen MR) is 35.1 cm³/mol. The third kappa shape index (κ3) is 1.23. The monoisotopic (exact) mass is 113 g/mol. The van der Waals surface area contributed by atoms with E-state index in [-0.39, 0.29) is 0 Å². The van der Waals surface area contributed by atoms with Gasteiger partial charge in [-0.25, -0.2) is 0 Å². The molecule has 1 rings (SSSR count). The fourth-order valence-corrected chi connectivity index (χ4v) is 1.14. The molecule has 0 bridgehead atoms. The van der Waals surface area contributed by atoms with E-state index in [4.69, 9.17) is 0 Å².